The minimum atomic E-state index is -0.585. The van der Waals surface area contributed by atoms with E-state index in [0.29, 0.717) is 6.61 Å². The molecule has 2 atom stereocenters. The Morgan fingerprint density at radius 3 is 2.40 bits per heavy atom. The molecule has 0 aromatic heterocycles. The number of nitrogens with zero attached hydrogens (tertiary/aromatic N) is 1. The van der Waals surface area contributed by atoms with Crippen molar-refractivity contribution in [2.45, 2.75) is 64.6 Å². The van der Waals surface area contributed by atoms with Crippen molar-refractivity contribution >= 4 is 28.0 Å². The average Bonchev–Trinajstić information content (AvgIpc) is 2.90. The first-order valence-corrected chi connectivity index (χ1v) is 9.43. The average molecular weight is 412 g/mol. The Bertz CT molecular complexity index is 609. The second-order valence-corrected chi connectivity index (χ2v) is 8.11. The zero-order chi connectivity index (χ0) is 18.6. The van der Waals surface area contributed by atoms with Crippen molar-refractivity contribution in [2.75, 3.05) is 6.61 Å². The summed E-state index contributed by atoms with van der Waals surface area (Å²) in [5.41, 5.74) is 0.457. The summed E-state index contributed by atoms with van der Waals surface area (Å²) in [7, 11) is 0. The van der Waals surface area contributed by atoms with E-state index in [1.807, 2.05) is 45.0 Å². The number of rotatable bonds is 4. The van der Waals surface area contributed by atoms with Gasteiger partial charge in [-0.1, -0.05) is 28.1 Å². The van der Waals surface area contributed by atoms with Crippen LogP contribution in [0.5, 0.6) is 0 Å². The van der Waals surface area contributed by atoms with Crippen LogP contribution in [0.3, 0.4) is 0 Å². The van der Waals surface area contributed by atoms with Gasteiger partial charge in [0.15, 0.2) is 0 Å². The molecule has 0 saturated carbocycles. The summed E-state index contributed by atoms with van der Waals surface area (Å²) in [5.74, 6) is -0.280. The number of benzene rings is 1. The summed E-state index contributed by atoms with van der Waals surface area (Å²) in [6, 6.07) is 7.62. The van der Waals surface area contributed by atoms with Crippen molar-refractivity contribution in [3.8, 4) is 0 Å². The first-order valence-electron chi connectivity index (χ1n) is 8.63. The van der Waals surface area contributed by atoms with Crippen LogP contribution in [0.25, 0.3) is 0 Å². The summed E-state index contributed by atoms with van der Waals surface area (Å²) in [6.07, 6.45) is 1.36. The number of amides is 1. The van der Waals surface area contributed by atoms with Gasteiger partial charge in [0, 0.05) is 10.5 Å². The van der Waals surface area contributed by atoms with E-state index >= 15 is 0 Å². The number of carbonyl (C=O) groups is 2. The maximum Gasteiger partial charge on any atom is 0.411 e. The Hall–Kier alpha value is -1.56. The molecule has 1 saturated heterocycles. The van der Waals surface area contributed by atoms with Gasteiger partial charge in [0.25, 0.3) is 0 Å². The molecule has 25 heavy (non-hydrogen) atoms. The Balaban J connectivity index is 2.24. The molecule has 6 heteroatoms. The van der Waals surface area contributed by atoms with E-state index in [9.17, 15) is 9.59 Å². The van der Waals surface area contributed by atoms with E-state index in [1.165, 1.54) is 0 Å². The highest BCUT2D eigenvalue weighted by molar-refractivity contribution is 9.10. The smallest absolute Gasteiger partial charge is 0.411 e. The first kappa shape index (κ1) is 19.8. The Morgan fingerprint density at radius 1 is 1.20 bits per heavy atom. The molecule has 0 aliphatic carbocycles. The Labute approximate surface area is 157 Å². The molecule has 0 N–H and O–H groups in total. The largest absolute Gasteiger partial charge is 0.466 e. The van der Waals surface area contributed by atoms with E-state index < -0.39 is 5.60 Å². The monoisotopic (exact) mass is 411 g/mol. The lowest BCUT2D eigenvalue weighted by atomic mass is 10.0. The number of esters is 1. The molecular weight excluding hydrogens is 386 g/mol. The summed E-state index contributed by atoms with van der Waals surface area (Å²) in [6.45, 7) is 7.65. The van der Waals surface area contributed by atoms with E-state index in [1.54, 1.807) is 11.8 Å². The molecule has 1 aliphatic rings. The van der Waals surface area contributed by atoms with Crippen LogP contribution in [-0.2, 0) is 14.3 Å². The Kier molecular flexibility index (Phi) is 6.49. The van der Waals surface area contributed by atoms with Gasteiger partial charge in [0.1, 0.15) is 5.60 Å². The van der Waals surface area contributed by atoms with E-state index in [2.05, 4.69) is 15.9 Å². The highest BCUT2D eigenvalue weighted by Crippen LogP contribution is 2.39. The molecular formula is C19H26BrNO4. The molecule has 2 rings (SSSR count). The van der Waals surface area contributed by atoms with Gasteiger partial charge in [-0.25, -0.2) is 4.79 Å². The highest BCUT2D eigenvalue weighted by atomic mass is 79.9. The molecule has 0 bridgehead atoms. The molecule has 0 unspecified atom stereocenters. The second kappa shape index (κ2) is 8.21. The van der Waals surface area contributed by atoms with Crippen LogP contribution in [0.15, 0.2) is 28.7 Å². The van der Waals surface area contributed by atoms with Crippen LogP contribution in [0.4, 0.5) is 4.79 Å². The van der Waals surface area contributed by atoms with Gasteiger partial charge in [0.2, 0.25) is 0 Å². The van der Waals surface area contributed by atoms with Gasteiger partial charge in [-0.2, -0.15) is 0 Å². The lowest BCUT2D eigenvalue weighted by molar-refractivity contribution is -0.144. The van der Waals surface area contributed by atoms with E-state index in [-0.39, 0.29) is 30.6 Å². The predicted molar refractivity (Wildman–Crippen MR) is 99.2 cm³/mol. The Morgan fingerprint density at radius 2 is 1.84 bits per heavy atom. The van der Waals surface area contributed by atoms with Gasteiger partial charge in [-0.3, -0.25) is 9.69 Å². The molecule has 1 heterocycles. The quantitative estimate of drug-likeness (QED) is 0.664. The minimum absolute atomic E-state index is 0.0950. The zero-order valence-corrected chi connectivity index (χ0v) is 16.8. The van der Waals surface area contributed by atoms with Crippen LogP contribution in [0.2, 0.25) is 0 Å². The third-order valence-corrected chi connectivity index (χ3v) is 4.60. The van der Waals surface area contributed by atoms with Crippen LogP contribution >= 0.6 is 15.9 Å². The summed E-state index contributed by atoms with van der Waals surface area (Å²) in [4.78, 5) is 26.5. The van der Waals surface area contributed by atoms with Crippen molar-refractivity contribution in [1.82, 2.24) is 4.90 Å². The molecule has 5 nitrogen and oxygen atoms in total. The van der Waals surface area contributed by atoms with Crippen LogP contribution < -0.4 is 0 Å². The third kappa shape index (κ3) is 5.46. The summed E-state index contributed by atoms with van der Waals surface area (Å²) < 4.78 is 11.6. The molecule has 138 valence electrons. The van der Waals surface area contributed by atoms with Gasteiger partial charge < -0.3 is 9.47 Å². The van der Waals surface area contributed by atoms with Gasteiger partial charge >= 0.3 is 12.1 Å². The van der Waals surface area contributed by atoms with Crippen LogP contribution in [0.1, 0.15) is 58.6 Å². The van der Waals surface area contributed by atoms with Crippen LogP contribution in [0, 0.1) is 0 Å². The fraction of sp³-hybridized carbons (Fsp3) is 0.579. The zero-order valence-electron chi connectivity index (χ0n) is 15.3. The molecule has 1 amide bonds. The number of ether oxygens (including phenoxy) is 2. The minimum Gasteiger partial charge on any atom is -0.466 e. The van der Waals surface area contributed by atoms with Gasteiger partial charge in [-0.15, -0.1) is 0 Å². The first-order chi connectivity index (χ1) is 11.7. The number of hydrogen-bond donors (Lipinski definition) is 0. The number of carbonyl (C=O) groups excluding carboxylic acids is 2. The topological polar surface area (TPSA) is 55.8 Å². The maximum absolute atomic E-state index is 12.8. The fourth-order valence-electron chi connectivity index (χ4n) is 3.10. The molecule has 0 radical (unpaired) electrons. The van der Waals surface area contributed by atoms with Crippen molar-refractivity contribution in [3.63, 3.8) is 0 Å². The number of hydrogen-bond acceptors (Lipinski definition) is 4. The number of halogens is 1. The molecule has 0 spiro atoms. The van der Waals surface area contributed by atoms with Crippen molar-refractivity contribution in [1.29, 1.82) is 0 Å². The van der Waals surface area contributed by atoms with Crippen molar-refractivity contribution in [2.24, 2.45) is 0 Å². The fourth-order valence-corrected chi connectivity index (χ4v) is 3.36. The maximum atomic E-state index is 12.8. The highest BCUT2D eigenvalue weighted by Gasteiger charge is 2.41. The summed E-state index contributed by atoms with van der Waals surface area (Å²) >= 11 is 3.43. The molecule has 1 aromatic carbocycles. The van der Waals surface area contributed by atoms with Crippen molar-refractivity contribution in [3.05, 3.63) is 34.3 Å². The normalized spacial score (nSPS) is 20.4. The number of likely N-dealkylation sites (tertiary alicyclic amines) is 1. The molecule has 1 aromatic rings. The lowest BCUT2D eigenvalue weighted by Crippen LogP contribution is -2.42. The van der Waals surface area contributed by atoms with E-state index in [0.717, 1.165) is 22.9 Å². The SMILES string of the molecule is CCOC(=O)C[C@H]1CC[C@H](c2ccc(Br)cc2)N1C(=O)OC(C)(C)C. The standard InChI is InChI=1S/C19H26BrNO4/c1-5-24-17(22)12-15-10-11-16(13-6-8-14(20)9-7-13)21(15)18(23)25-19(2,3)4/h6-9,15-16H,5,10-12H2,1-4H3/t15-,16-/m1/s1. The predicted octanol–water partition coefficient (Wildman–Crippen LogP) is 4.84. The lowest BCUT2D eigenvalue weighted by Gasteiger charge is -2.32. The third-order valence-electron chi connectivity index (χ3n) is 4.07. The van der Waals surface area contributed by atoms with Crippen LogP contribution in [-0.4, -0.2) is 35.2 Å². The van der Waals surface area contributed by atoms with Crippen molar-refractivity contribution < 1.29 is 19.1 Å². The van der Waals surface area contributed by atoms with Gasteiger partial charge in [0.05, 0.1) is 19.1 Å². The molecule has 1 aliphatic heterocycles. The second-order valence-electron chi connectivity index (χ2n) is 7.20. The van der Waals surface area contributed by atoms with E-state index in [4.69, 9.17) is 9.47 Å². The van der Waals surface area contributed by atoms with Gasteiger partial charge in [-0.05, 0) is 58.2 Å². The summed E-state index contributed by atoms with van der Waals surface area (Å²) in [5, 5.41) is 0. The molecule has 1 fully saturated rings.